The molecule has 0 heterocycles. The normalized spacial score (nSPS) is 12.5. The smallest absolute Gasteiger partial charge is 0.126 e. The molecule has 300 valence electrons. The van der Waals surface area contributed by atoms with Crippen LogP contribution in [0.3, 0.4) is 0 Å². The third kappa shape index (κ3) is 7.60. The highest BCUT2D eigenvalue weighted by Gasteiger charge is 2.31. The molecule has 0 saturated carbocycles. The average molecular weight is 849 g/mol. The Labute approximate surface area is 361 Å². The number of halogens is 4. The highest BCUT2D eigenvalue weighted by atomic mass is 31.1. The van der Waals surface area contributed by atoms with Crippen molar-refractivity contribution in [2.75, 3.05) is 0 Å². The molecule has 6 heteroatoms. The minimum atomic E-state index is -1.18. The standard InChI is InChI=1S/C56H38F4P2/c57-39-31-37(32-40(58)35-39)47-23-13-25-51-49(47)27-29-53(61(43-15-5-1-6-16-43)44-17-7-2-8-18-44)55(51)56-52-26-14-24-48(38-33-41(59)36-42(60)34-38)50(52)28-30-54(56)62(45-19-9-3-10-20-45)46-21-11-4-12-22-46/h1-13,15-25,27-36H,14,26H2. The zero-order valence-corrected chi connectivity index (χ0v) is 35.2. The Balaban J connectivity index is 1.38. The molecule has 1 aliphatic rings. The maximum Gasteiger partial charge on any atom is 0.126 e. The van der Waals surface area contributed by atoms with Crippen LogP contribution in [0, 0.1) is 23.3 Å². The molecular formula is C56H38F4P2. The van der Waals surface area contributed by atoms with E-state index in [-0.39, 0.29) is 0 Å². The molecule has 9 aromatic carbocycles. The second kappa shape index (κ2) is 17.1. The lowest BCUT2D eigenvalue weighted by atomic mass is 9.81. The molecule has 0 fully saturated rings. The van der Waals surface area contributed by atoms with Gasteiger partial charge in [-0.15, -0.1) is 0 Å². The number of fused-ring (bicyclic) bond motifs is 2. The minimum absolute atomic E-state index is 0.449. The van der Waals surface area contributed by atoms with E-state index in [1.165, 1.54) is 45.5 Å². The molecular weight excluding hydrogens is 811 g/mol. The van der Waals surface area contributed by atoms with E-state index in [4.69, 9.17) is 0 Å². The second-order valence-electron chi connectivity index (χ2n) is 15.3. The number of benzene rings is 9. The molecule has 0 aromatic heterocycles. The summed E-state index contributed by atoms with van der Waals surface area (Å²) in [5, 5.41) is 8.79. The summed E-state index contributed by atoms with van der Waals surface area (Å²) in [6.07, 6.45) is 3.44. The van der Waals surface area contributed by atoms with Gasteiger partial charge >= 0.3 is 0 Å². The van der Waals surface area contributed by atoms with E-state index in [9.17, 15) is 8.78 Å². The van der Waals surface area contributed by atoms with Crippen molar-refractivity contribution in [3.63, 3.8) is 0 Å². The Morgan fingerprint density at radius 3 is 1.31 bits per heavy atom. The van der Waals surface area contributed by atoms with Gasteiger partial charge in [0.05, 0.1) is 0 Å². The summed E-state index contributed by atoms with van der Waals surface area (Å²) >= 11 is 0. The molecule has 62 heavy (non-hydrogen) atoms. The van der Waals surface area contributed by atoms with Gasteiger partial charge in [-0.3, -0.25) is 0 Å². The van der Waals surface area contributed by atoms with E-state index in [2.05, 4.69) is 133 Å². The first kappa shape index (κ1) is 39.7. The molecule has 10 rings (SSSR count). The van der Waals surface area contributed by atoms with Gasteiger partial charge in [-0.2, -0.15) is 0 Å². The van der Waals surface area contributed by atoms with Crippen LogP contribution in [-0.2, 0) is 6.42 Å². The molecule has 0 unspecified atom stereocenters. The summed E-state index contributed by atoms with van der Waals surface area (Å²) in [6.45, 7) is 0. The summed E-state index contributed by atoms with van der Waals surface area (Å²) in [6, 6.07) is 64.6. The van der Waals surface area contributed by atoms with Gasteiger partial charge in [0.1, 0.15) is 23.3 Å². The number of hydrogen-bond acceptors (Lipinski definition) is 0. The van der Waals surface area contributed by atoms with E-state index in [1.54, 1.807) is 0 Å². The maximum absolute atomic E-state index is 15.0. The highest BCUT2D eigenvalue weighted by molar-refractivity contribution is 7.80. The first-order valence-electron chi connectivity index (χ1n) is 20.6. The second-order valence-corrected chi connectivity index (χ2v) is 19.7. The first-order valence-corrected chi connectivity index (χ1v) is 23.3. The predicted molar refractivity (Wildman–Crippen MR) is 254 cm³/mol. The molecule has 0 bridgehead atoms. The van der Waals surface area contributed by atoms with Crippen molar-refractivity contribution in [3.8, 4) is 22.3 Å². The summed E-state index contributed by atoms with van der Waals surface area (Å²) in [5.41, 5.74) is 6.57. The van der Waals surface area contributed by atoms with E-state index < -0.39 is 39.1 Å². The van der Waals surface area contributed by atoms with Crippen LogP contribution in [0.1, 0.15) is 23.1 Å². The molecule has 0 aliphatic heterocycles. The lowest BCUT2D eigenvalue weighted by Gasteiger charge is -2.31. The van der Waals surface area contributed by atoms with Crippen LogP contribution in [0.5, 0.6) is 0 Å². The SMILES string of the molecule is Fc1cc(F)cc(C2=CCCc3c2ccc(P(c2ccccc2)c2ccccc2)c3-c2c(P(c3ccccc3)c3ccccc3)ccc3c(-c4cc(F)cc(F)c4)cccc23)c1. The zero-order valence-electron chi connectivity index (χ0n) is 33.5. The van der Waals surface area contributed by atoms with Gasteiger partial charge in [-0.25, -0.2) is 17.6 Å². The molecule has 0 radical (unpaired) electrons. The van der Waals surface area contributed by atoms with Crippen molar-refractivity contribution in [1.29, 1.82) is 0 Å². The van der Waals surface area contributed by atoms with Crippen LogP contribution in [0.4, 0.5) is 17.6 Å². The van der Waals surface area contributed by atoms with Crippen molar-refractivity contribution < 1.29 is 17.6 Å². The van der Waals surface area contributed by atoms with Crippen LogP contribution in [0.2, 0.25) is 0 Å². The van der Waals surface area contributed by atoms with Gasteiger partial charge in [-0.05, 0) is 140 Å². The Hall–Kier alpha value is -6.44. The Kier molecular flexibility index (Phi) is 11.0. The third-order valence-corrected chi connectivity index (χ3v) is 16.5. The summed E-state index contributed by atoms with van der Waals surface area (Å²) in [5.74, 6) is -2.55. The summed E-state index contributed by atoms with van der Waals surface area (Å²) in [4.78, 5) is 0. The largest absolute Gasteiger partial charge is 0.207 e. The van der Waals surface area contributed by atoms with Crippen molar-refractivity contribution in [3.05, 3.63) is 246 Å². The van der Waals surface area contributed by atoms with Crippen LogP contribution in [0.25, 0.3) is 38.6 Å². The van der Waals surface area contributed by atoms with Gasteiger partial charge in [0, 0.05) is 12.1 Å². The molecule has 0 nitrogen and oxygen atoms in total. The van der Waals surface area contributed by atoms with E-state index in [0.717, 1.165) is 61.3 Å². The maximum atomic E-state index is 15.0. The molecule has 0 amide bonds. The van der Waals surface area contributed by atoms with E-state index in [1.807, 2.05) is 36.4 Å². The third-order valence-electron chi connectivity index (χ3n) is 11.5. The molecule has 1 aliphatic carbocycles. The van der Waals surface area contributed by atoms with Gasteiger partial charge in [-0.1, -0.05) is 170 Å². The van der Waals surface area contributed by atoms with E-state index in [0.29, 0.717) is 29.5 Å². The summed E-state index contributed by atoms with van der Waals surface area (Å²) in [7, 11) is -2.35. The molecule has 0 N–H and O–H groups in total. The van der Waals surface area contributed by atoms with Crippen LogP contribution < -0.4 is 31.8 Å². The quantitative estimate of drug-likeness (QED) is 0.100. The molecule has 9 aromatic rings. The van der Waals surface area contributed by atoms with Gasteiger partial charge < -0.3 is 0 Å². The highest BCUT2D eigenvalue weighted by Crippen LogP contribution is 2.48. The van der Waals surface area contributed by atoms with Crippen LogP contribution in [-0.4, -0.2) is 0 Å². The van der Waals surface area contributed by atoms with Crippen molar-refractivity contribution in [1.82, 2.24) is 0 Å². The average Bonchev–Trinajstić information content (AvgIpc) is 3.29. The lowest BCUT2D eigenvalue weighted by Crippen LogP contribution is -2.27. The fourth-order valence-electron chi connectivity index (χ4n) is 8.99. The fraction of sp³-hybridized carbons (Fsp3) is 0.0357. The van der Waals surface area contributed by atoms with Crippen molar-refractivity contribution in [2.45, 2.75) is 12.8 Å². The van der Waals surface area contributed by atoms with Crippen LogP contribution in [0.15, 0.2) is 206 Å². The molecule has 0 saturated heterocycles. The Bertz CT molecular complexity index is 3000. The van der Waals surface area contributed by atoms with Crippen molar-refractivity contribution in [2.24, 2.45) is 0 Å². The van der Waals surface area contributed by atoms with Gasteiger partial charge in [0.15, 0.2) is 0 Å². The Morgan fingerprint density at radius 2 is 0.806 bits per heavy atom. The van der Waals surface area contributed by atoms with Crippen LogP contribution >= 0.6 is 15.8 Å². The monoisotopic (exact) mass is 848 g/mol. The topological polar surface area (TPSA) is 0 Å². The fourth-order valence-corrected chi connectivity index (χ4v) is 13.9. The van der Waals surface area contributed by atoms with Crippen molar-refractivity contribution >= 4 is 64.0 Å². The molecule has 0 atom stereocenters. The number of allylic oxidation sites excluding steroid dienone is 1. The molecule has 0 spiro atoms. The first-order chi connectivity index (χ1) is 30.4. The Morgan fingerprint density at radius 1 is 0.355 bits per heavy atom. The zero-order chi connectivity index (χ0) is 42.2. The number of hydrogen-bond donors (Lipinski definition) is 0. The summed E-state index contributed by atoms with van der Waals surface area (Å²) < 4.78 is 60.0. The number of rotatable bonds is 9. The van der Waals surface area contributed by atoms with Gasteiger partial charge in [0.2, 0.25) is 0 Å². The van der Waals surface area contributed by atoms with E-state index >= 15 is 8.78 Å². The van der Waals surface area contributed by atoms with Gasteiger partial charge in [0.25, 0.3) is 0 Å². The minimum Gasteiger partial charge on any atom is -0.207 e. The lowest BCUT2D eigenvalue weighted by molar-refractivity contribution is 0.582. The predicted octanol–water partition coefficient (Wildman–Crippen LogP) is 12.6.